The Kier molecular flexibility index (Phi) is 6.37. The molecule has 186 valence electrons. The van der Waals surface area contributed by atoms with Gasteiger partial charge in [-0.3, -0.25) is 4.90 Å². The zero-order valence-electron chi connectivity index (χ0n) is 21.0. The quantitative estimate of drug-likeness (QED) is 0.291. The third kappa shape index (κ3) is 4.59. The van der Waals surface area contributed by atoms with Crippen LogP contribution in [0, 0.1) is 13.8 Å². The van der Waals surface area contributed by atoms with E-state index in [4.69, 9.17) is 21.7 Å². The fourth-order valence-electron chi connectivity index (χ4n) is 5.39. The van der Waals surface area contributed by atoms with Gasteiger partial charge in [0, 0.05) is 31.2 Å². The maximum atomic E-state index is 6.20. The van der Waals surface area contributed by atoms with Crippen molar-refractivity contribution >= 4 is 28.5 Å². The van der Waals surface area contributed by atoms with Crippen LogP contribution in [-0.4, -0.2) is 50.8 Å². The zero-order chi connectivity index (χ0) is 25.4. The molecule has 0 amide bonds. The summed E-state index contributed by atoms with van der Waals surface area (Å²) in [7, 11) is 0. The topological polar surface area (TPSA) is 50.1 Å². The molecule has 6 nitrogen and oxygen atoms in total. The Balaban J connectivity index is 1.27. The molecule has 0 spiro atoms. The molecule has 3 aromatic carbocycles. The van der Waals surface area contributed by atoms with Gasteiger partial charge in [-0.25, -0.2) is 14.6 Å². The van der Waals surface area contributed by atoms with E-state index in [1.807, 2.05) is 23.0 Å². The lowest BCUT2D eigenvalue weighted by molar-refractivity contribution is 0.212. The van der Waals surface area contributed by atoms with Crippen molar-refractivity contribution in [2.75, 3.05) is 31.1 Å². The van der Waals surface area contributed by atoms with Crippen LogP contribution in [0.1, 0.15) is 28.3 Å². The lowest BCUT2D eigenvalue weighted by atomic mass is 9.96. The van der Waals surface area contributed by atoms with Gasteiger partial charge in [0.15, 0.2) is 5.65 Å². The summed E-state index contributed by atoms with van der Waals surface area (Å²) in [6, 6.07) is 25.5. The molecule has 2 aromatic heterocycles. The maximum absolute atomic E-state index is 6.20. The Morgan fingerprint density at radius 1 is 0.811 bits per heavy atom. The van der Waals surface area contributed by atoms with Crippen molar-refractivity contribution < 1.29 is 0 Å². The van der Waals surface area contributed by atoms with Gasteiger partial charge in [-0.2, -0.15) is 5.10 Å². The number of halogens is 1. The number of aryl methyl sites for hydroxylation is 2. The maximum Gasteiger partial charge on any atom is 0.168 e. The van der Waals surface area contributed by atoms with Gasteiger partial charge < -0.3 is 4.90 Å². The van der Waals surface area contributed by atoms with Crippen LogP contribution in [0.2, 0.25) is 5.02 Å². The second-order valence-electron chi connectivity index (χ2n) is 9.67. The van der Waals surface area contributed by atoms with Crippen LogP contribution in [0.3, 0.4) is 0 Å². The predicted octanol–water partition coefficient (Wildman–Crippen LogP) is 6.00. The van der Waals surface area contributed by atoms with Crippen LogP contribution >= 0.6 is 11.6 Å². The number of rotatable bonds is 5. The third-order valence-electron chi connectivity index (χ3n) is 7.21. The summed E-state index contributed by atoms with van der Waals surface area (Å²) in [6.07, 6.45) is 3.56. The van der Waals surface area contributed by atoms with Crippen molar-refractivity contribution in [1.82, 2.24) is 24.6 Å². The largest absolute Gasteiger partial charge is 0.353 e. The van der Waals surface area contributed by atoms with Crippen LogP contribution in [0.25, 0.3) is 16.7 Å². The molecule has 0 radical (unpaired) electrons. The Morgan fingerprint density at radius 3 is 2.27 bits per heavy atom. The zero-order valence-corrected chi connectivity index (χ0v) is 21.8. The molecular weight excluding hydrogens is 480 g/mol. The van der Waals surface area contributed by atoms with Gasteiger partial charge in [-0.05, 0) is 48.7 Å². The molecule has 3 heterocycles. The van der Waals surface area contributed by atoms with E-state index < -0.39 is 0 Å². The van der Waals surface area contributed by atoms with E-state index in [2.05, 4.69) is 89.3 Å². The molecule has 5 aromatic rings. The van der Waals surface area contributed by atoms with Crippen molar-refractivity contribution in [3.63, 3.8) is 0 Å². The molecule has 0 aliphatic carbocycles. The van der Waals surface area contributed by atoms with Crippen LogP contribution in [0.4, 0.5) is 5.82 Å². The van der Waals surface area contributed by atoms with Crippen LogP contribution in [0.15, 0.2) is 85.3 Å². The molecule has 1 aliphatic heterocycles. The molecule has 1 atom stereocenters. The molecule has 1 fully saturated rings. The van der Waals surface area contributed by atoms with E-state index >= 15 is 0 Å². The number of fused-ring (bicyclic) bond motifs is 1. The van der Waals surface area contributed by atoms with Crippen LogP contribution in [0.5, 0.6) is 0 Å². The fraction of sp³-hybridized carbons (Fsp3) is 0.233. The Morgan fingerprint density at radius 2 is 1.54 bits per heavy atom. The lowest BCUT2D eigenvalue weighted by Crippen LogP contribution is -2.48. The second-order valence-corrected chi connectivity index (χ2v) is 10.1. The van der Waals surface area contributed by atoms with E-state index in [1.165, 1.54) is 22.3 Å². The van der Waals surface area contributed by atoms with Crippen LogP contribution < -0.4 is 4.90 Å². The Bertz CT molecular complexity index is 1520. The molecule has 0 N–H and O–H groups in total. The van der Waals surface area contributed by atoms with Gasteiger partial charge in [0.05, 0.1) is 23.3 Å². The van der Waals surface area contributed by atoms with E-state index in [9.17, 15) is 0 Å². The highest BCUT2D eigenvalue weighted by molar-refractivity contribution is 6.30. The average Bonchev–Trinajstić information content (AvgIpc) is 3.35. The summed E-state index contributed by atoms with van der Waals surface area (Å²) in [4.78, 5) is 14.2. The highest BCUT2D eigenvalue weighted by atomic mass is 35.5. The van der Waals surface area contributed by atoms with Gasteiger partial charge in [-0.1, -0.05) is 71.8 Å². The molecule has 7 heteroatoms. The van der Waals surface area contributed by atoms with Crippen molar-refractivity contribution in [2.45, 2.75) is 19.9 Å². The SMILES string of the molecule is Cc1ccc(-n2ncc3c(N4CCN([C@@H](c5ccccc5)c5ccc(Cl)cc5)CC4)ncnc32)c(C)c1. The number of nitrogens with zero attached hydrogens (tertiary/aromatic N) is 6. The summed E-state index contributed by atoms with van der Waals surface area (Å²) in [6.45, 7) is 7.79. The third-order valence-corrected chi connectivity index (χ3v) is 7.46. The average molecular weight is 509 g/mol. The van der Waals surface area contributed by atoms with Gasteiger partial charge in [-0.15, -0.1) is 0 Å². The molecule has 0 bridgehead atoms. The first-order valence-electron chi connectivity index (χ1n) is 12.6. The smallest absolute Gasteiger partial charge is 0.168 e. The number of benzene rings is 3. The Hall–Kier alpha value is -3.74. The number of hydrogen-bond donors (Lipinski definition) is 0. The molecule has 37 heavy (non-hydrogen) atoms. The van der Waals surface area contributed by atoms with Crippen molar-refractivity contribution in [1.29, 1.82) is 0 Å². The summed E-state index contributed by atoms with van der Waals surface area (Å²) in [5, 5.41) is 6.45. The number of piperazine rings is 1. The first kappa shape index (κ1) is 23.6. The molecule has 0 unspecified atom stereocenters. The van der Waals surface area contributed by atoms with Crippen molar-refractivity contribution in [3.05, 3.63) is 113 Å². The van der Waals surface area contributed by atoms with E-state index in [0.717, 1.165) is 53.7 Å². The van der Waals surface area contributed by atoms with Crippen molar-refractivity contribution in [3.8, 4) is 5.69 Å². The monoisotopic (exact) mass is 508 g/mol. The number of aromatic nitrogens is 4. The van der Waals surface area contributed by atoms with Gasteiger partial charge in [0.1, 0.15) is 12.1 Å². The minimum absolute atomic E-state index is 0.179. The van der Waals surface area contributed by atoms with Gasteiger partial charge in [0.25, 0.3) is 0 Å². The standard InChI is InChI=1S/C30H29ClN6/c1-21-8-13-27(22(2)18-21)37-30-26(19-34-37)29(32-20-33-30)36-16-14-35(15-17-36)28(23-6-4-3-5-7-23)24-9-11-25(31)12-10-24/h3-13,18-20,28H,14-17H2,1-2H3/t28-/m0/s1. The molecule has 1 aliphatic rings. The summed E-state index contributed by atoms with van der Waals surface area (Å²) in [5.74, 6) is 0.948. The Labute approximate surface area is 222 Å². The van der Waals surface area contributed by atoms with Crippen molar-refractivity contribution in [2.24, 2.45) is 0 Å². The van der Waals surface area contributed by atoms with Crippen LogP contribution in [-0.2, 0) is 0 Å². The van der Waals surface area contributed by atoms with E-state index in [1.54, 1.807) is 6.33 Å². The first-order valence-corrected chi connectivity index (χ1v) is 13.0. The first-order chi connectivity index (χ1) is 18.1. The van der Waals surface area contributed by atoms with Gasteiger partial charge >= 0.3 is 0 Å². The number of hydrogen-bond acceptors (Lipinski definition) is 5. The number of anilines is 1. The highest BCUT2D eigenvalue weighted by Crippen LogP contribution is 2.32. The lowest BCUT2D eigenvalue weighted by Gasteiger charge is -2.40. The van der Waals surface area contributed by atoms with E-state index in [0.29, 0.717) is 0 Å². The van der Waals surface area contributed by atoms with E-state index in [-0.39, 0.29) is 6.04 Å². The highest BCUT2D eigenvalue weighted by Gasteiger charge is 2.28. The minimum atomic E-state index is 0.179. The predicted molar refractivity (Wildman–Crippen MR) is 150 cm³/mol. The fourth-order valence-corrected chi connectivity index (χ4v) is 5.52. The second kappa shape index (κ2) is 9.96. The molecule has 0 saturated carbocycles. The summed E-state index contributed by atoms with van der Waals surface area (Å²) < 4.78 is 1.93. The molecular formula is C30H29ClN6. The molecule has 6 rings (SSSR count). The van der Waals surface area contributed by atoms with Gasteiger partial charge in [0.2, 0.25) is 0 Å². The minimum Gasteiger partial charge on any atom is -0.353 e. The normalized spacial score (nSPS) is 15.3. The summed E-state index contributed by atoms with van der Waals surface area (Å²) >= 11 is 6.20. The molecule has 1 saturated heterocycles. The summed E-state index contributed by atoms with van der Waals surface area (Å²) in [5.41, 5.74) is 6.83.